The number of nitrogens with zero attached hydrogens (tertiary/aromatic N) is 2. The summed E-state index contributed by atoms with van der Waals surface area (Å²) >= 11 is 0. The van der Waals surface area contributed by atoms with E-state index in [0.717, 1.165) is 34.1 Å². The summed E-state index contributed by atoms with van der Waals surface area (Å²) in [6, 6.07) is 12.0. The van der Waals surface area contributed by atoms with E-state index in [9.17, 15) is 4.79 Å². The van der Waals surface area contributed by atoms with E-state index in [4.69, 9.17) is 9.47 Å². The molecule has 0 saturated heterocycles. The number of anilines is 1. The third-order valence-electron chi connectivity index (χ3n) is 5.35. The van der Waals surface area contributed by atoms with E-state index in [-0.39, 0.29) is 18.6 Å². The molecule has 1 N–H and O–H groups in total. The first-order valence-electron chi connectivity index (χ1n) is 8.95. The third kappa shape index (κ3) is 2.56. The Labute approximate surface area is 156 Å². The molecule has 0 fully saturated rings. The number of fused-ring (bicyclic) bond motifs is 2. The number of carbonyl (C=O) groups is 1. The Morgan fingerprint density at radius 2 is 1.93 bits per heavy atom. The number of benzene rings is 2. The zero-order valence-corrected chi connectivity index (χ0v) is 15.2. The fourth-order valence-electron chi connectivity index (χ4n) is 3.70. The van der Waals surface area contributed by atoms with Crippen molar-refractivity contribution in [2.75, 3.05) is 12.1 Å². The van der Waals surface area contributed by atoms with Gasteiger partial charge in [0.2, 0.25) is 12.7 Å². The van der Waals surface area contributed by atoms with Crippen LogP contribution in [0, 0.1) is 13.8 Å². The lowest BCUT2D eigenvalue weighted by molar-refractivity contribution is -0.116. The highest BCUT2D eigenvalue weighted by Crippen LogP contribution is 2.41. The predicted octanol–water partition coefficient (Wildman–Crippen LogP) is 3.69. The van der Waals surface area contributed by atoms with Crippen LogP contribution in [0.25, 0.3) is 5.69 Å². The van der Waals surface area contributed by atoms with Crippen LogP contribution in [-0.2, 0) is 4.79 Å². The van der Waals surface area contributed by atoms with Gasteiger partial charge in [0, 0.05) is 17.9 Å². The molecule has 2 aliphatic heterocycles. The topological polar surface area (TPSA) is 65.4 Å². The molecule has 5 rings (SSSR count). The van der Waals surface area contributed by atoms with Crippen LogP contribution in [0.4, 0.5) is 5.82 Å². The number of ether oxygens (including phenoxy) is 2. The maximum Gasteiger partial charge on any atom is 0.231 e. The van der Waals surface area contributed by atoms with Crippen molar-refractivity contribution in [2.24, 2.45) is 0 Å². The highest BCUT2D eigenvalue weighted by atomic mass is 16.7. The zero-order valence-electron chi connectivity index (χ0n) is 15.2. The molecule has 0 radical (unpaired) electrons. The number of hydrogen-bond acceptors (Lipinski definition) is 4. The summed E-state index contributed by atoms with van der Waals surface area (Å²) in [6.07, 6.45) is 2.23. The van der Waals surface area contributed by atoms with Crippen LogP contribution in [0.3, 0.4) is 0 Å². The van der Waals surface area contributed by atoms with Crippen LogP contribution < -0.4 is 14.8 Å². The van der Waals surface area contributed by atoms with E-state index in [1.165, 1.54) is 11.1 Å². The monoisotopic (exact) mass is 361 g/mol. The molecule has 1 atom stereocenters. The second kappa shape index (κ2) is 5.87. The Morgan fingerprint density at radius 3 is 2.78 bits per heavy atom. The van der Waals surface area contributed by atoms with Crippen molar-refractivity contribution in [3.05, 3.63) is 64.8 Å². The van der Waals surface area contributed by atoms with Gasteiger partial charge in [-0.05, 0) is 54.8 Å². The molecule has 0 aliphatic carbocycles. The molecule has 0 bridgehead atoms. The summed E-state index contributed by atoms with van der Waals surface area (Å²) in [5.41, 5.74) is 5.38. The van der Waals surface area contributed by atoms with E-state index in [1.807, 2.05) is 30.5 Å². The van der Waals surface area contributed by atoms with Crippen molar-refractivity contribution in [2.45, 2.75) is 26.2 Å². The molecule has 3 heterocycles. The summed E-state index contributed by atoms with van der Waals surface area (Å²) in [5.74, 6) is 2.11. The van der Waals surface area contributed by atoms with Gasteiger partial charge in [-0.3, -0.25) is 4.79 Å². The molecule has 2 aromatic carbocycles. The lowest BCUT2D eigenvalue weighted by Crippen LogP contribution is -2.24. The minimum absolute atomic E-state index is 0.0178. The van der Waals surface area contributed by atoms with E-state index in [1.54, 1.807) is 4.68 Å². The van der Waals surface area contributed by atoms with Gasteiger partial charge in [-0.15, -0.1) is 0 Å². The number of aromatic nitrogens is 2. The van der Waals surface area contributed by atoms with Gasteiger partial charge in [-0.1, -0.05) is 12.1 Å². The predicted molar refractivity (Wildman–Crippen MR) is 101 cm³/mol. The fraction of sp³-hybridized carbons (Fsp3) is 0.238. The number of carbonyl (C=O) groups excluding carboxylic acids is 1. The van der Waals surface area contributed by atoms with Gasteiger partial charge >= 0.3 is 0 Å². The summed E-state index contributed by atoms with van der Waals surface area (Å²) in [7, 11) is 0. The first-order chi connectivity index (χ1) is 13.1. The number of amides is 1. The minimum Gasteiger partial charge on any atom is -0.454 e. The Balaban J connectivity index is 1.59. The second-order valence-electron chi connectivity index (χ2n) is 7.05. The molecular weight excluding hydrogens is 342 g/mol. The van der Waals surface area contributed by atoms with Crippen LogP contribution in [0.15, 0.2) is 42.6 Å². The second-order valence-corrected chi connectivity index (χ2v) is 7.05. The Bertz CT molecular complexity index is 1070. The normalized spacial score (nSPS) is 17.6. The number of aryl methyl sites for hydroxylation is 2. The lowest BCUT2D eigenvalue weighted by Gasteiger charge is -2.24. The highest BCUT2D eigenvalue weighted by molar-refractivity contribution is 5.94. The van der Waals surface area contributed by atoms with Gasteiger partial charge in [0.25, 0.3) is 0 Å². The Morgan fingerprint density at radius 1 is 1.07 bits per heavy atom. The molecule has 2 aliphatic rings. The summed E-state index contributed by atoms with van der Waals surface area (Å²) in [4.78, 5) is 12.4. The molecule has 1 amide bonds. The Kier molecular flexibility index (Phi) is 3.47. The van der Waals surface area contributed by atoms with Crippen LogP contribution in [-0.4, -0.2) is 22.5 Å². The van der Waals surface area contributed by atoms with Crippen LogP contribution in [0.2, 0.25) is 0 Å². The van der Waals surface area contributed by atoms with Gasteiger partial charge in [0.05, 0.1) is 11.9 Å². The quantitative estimate of drug-likeness (QED) is 0.756. The summed E-state index contributed by atoms with van der Waals surface area (Å²) < 4.78 is 12.7. The van der Waals surface area contributed by atoms with Crippen molar-refractivity contribution in [3.63, 3.8) is 0 Å². The van der Waals surface area contributed by atoms with Crippen LogP contribution in [0.5, 0.6) is 11.5 Å². The summed E-state index contributed by atoms with van der Waals surface area (Å²) in [5, 5.41) is 7.57. The maximum absolute atomic E-state index is 12.4. The van der Waals surface area contributed by atoms with Crippen molar-refractivity contribution in [3.8, 4) is 17.2 Å². The first-order valence-corrected chi connectivity index (χ1v) is 8.95. The van der Waals surface area contributed by atoms with Gasteiger partial charge in [0.15, 0.2) is 11.5 Å². The SMILES string of the molecule is Cc1ccc(-n2ncc3c2NC(=O)CC3c2ccc3c(c2)OCO3)cc1C. The average molecular weight is 361 g/mol. The minimum atomic E-state index is -0.0662. The molecular formula is C21H19N3O3. The average Bonchev–Trinajstić information content (AvgIpc) is 3.29. The number of hydrogen-bond donors (Lipinski definition) is 1. The van der Waals surface area contributed by atoms with Gasteiger partial charge in [0.1, 0.15) is 5.82 Å². The molecule has 6 heteroatoms. The van der Waals surface area contributed by atoms with Gasteiger partial charge in [-0.2, -0.15) is 5.10 Å². The van der Waals surface area contributed by atoms with Crippen molar-refractivity contribution < 1.29 is 14.3 Å². The molecule has 0 saturated carbocycles. The molecule has 1 unspecified atom stereocenters. The number of nitrogens with one attached hydrogen (secondary N) is 1. The van der Waals surface area contributed by atoms with E-state index in [2.05, 4.69) is 36.4 Å². The van der Waals surface area contributed by atoms with Crippen molar-refractivity contribution in [1.82, 2.24) is 9.78 Å². The van der Waals surface area contributed by atoms with E-state index >= 15 is 0 Å². The van der Waals surface area contributed by atoms with Crippen molar-refractivity contribution in [1.29, 1.82) is 0 Å². The standard InChI is InChI=1S/C21H19N3O3/c1-12-3-5-15(7-13(12)2)24-21-17(10-22-24)16(9-20(25)23-21)14-4-6-18-19(8-14)27-11-26-18/h3-8,10,16H,9,11H2,1-2H3,(H,23,25). The van der Waals surface area contributed by atoms with E-state index < -0.39 is 0 Å². The lowest BCUT2D eigenvalue weighted by atomic mass is 9.87. The third-order valence-corrected chi connectivity index (χ3v) is 5.35. The molecule has 0 spiro atoms. The molecule has 3 aromatic rings. The molecule has 1 aromatic heterocycles. The molecule has 27 heavy (non-hydrogen) atoms. The largest absolute Gasteiger partial charge is 0.454 e. The summed E-state index contributed by atoms with van der Waals surface area (Å²) in [6.45, 7) is 4.39. The van der Waals surface area contributed by atoms with Crippen LogP contribution >= 0.6 is 0 Å². The smallest absolute Gasteiger partial charge is 0.231 e. The number of rotatable bonds is 2. The fourth-order valence-corrected chi connectivity index (χ4v) is 3.70. The van der Waals surface area contributed by atoms with Crippen molar-refractivity contribution >= 4 is 11.7 Å². The zero-order chi connectivity index (χ0) is 18.5. The first kappa shape index (κ1) is 15.9. The molecule has 6 nitrogen and oxygen atoms in total. The maximum atomic E-state index is 12.4. The molecule has 136 valence electrons. The van der Waals surface area contributed by atoms with Crippen LogP contribution in [0.1, 0.15) is 34.6 Å². The highest BCUT2D eigenvalue weighted by Gasteiger charge is 2.31. The Hall–Kier alpha value is -3.28. The van der Waals surface area contributed by atoms with E-state index in [0.29, 0.717) is 6.42 Å². The van der Waals surface area contributed by atoms with Gasteiger partial charge in [-0.25, -0.2) is 4.68 Å². The van der Waals surface area contributed by atoms with Gasteiger partial charge < -0.3 is 14.8 Å².